The minimum Gasteiger partial charge on any atom is -0.423 e. The number of fused-ring (bicyclic) bond motifs is 1. The third-order valence-corrected chi connectivity index (χ3v) is 5.80. The lowest BCUT2D eigenvalue weighted by molar-refractivity contribution is -0.0456. The molecular formula is C20H25NO4. The van der Waals surface area contributed by atoms with Gasteiger partial charge < -0.3 is 14.3 Å². The average molecular weight is 343 g/mol. The van der Waals surface area contributed by atoms with Gasteiger partial charge in [0.05, 0.1) is 18.3 Å². The molecule has 3 heterocycles. The molecule has 1 unspecified atom stereocenters. The summed E-state index contributed by atoms with van der Waals surface area (Å²) in [6.07, 6.45) is 2.29. The topological polar surface area (TPSA) is 62.9 Å². The summed E-state index contributed by atoms with van der Waals surface area (Å²) in [5, 5.41) is 10.8. The van der Waals surface area contributed by atoms with Crippen molar-refractivity contribution in [3.8, 4) is 0 Å². The van der Waals surface area contributed by atoms with Gasteiger partial charge in [-0.15, -0.1) is 0 Å². The highest BCUT2D eigenvalue weighted by molar-refractivity contribution is 5.81. The fourth-order valence-electron chi connectivity index (χ4n) is 4.14. The molecule has 1 spiro atoms. The first-order chi connectivity index (χ1) is 11.9. The largest absolute Gasteiger partial charge is 0.423 e. The standard InChI is InChI=1S/C20H25NO4/c1-13-7-17-15(9-19(23)25-18(17)8-14(13)2)11-21-5-3-20(4-6-21)10-16(22)12-24-20/h7-9,16,22H,3-6,10-12H2,1-2H3. The Hall–Kier alpha value is -1.69. The van der Waals surface area contributed by atoms with Gasteiger partial charge in [-0.3, -0.25) is 4.90 Å². The van der Waals surface area contributed by atoms with Gasteiger partial charge in [-0.25, -0.2) is 4.79 Å². The highest BCUT2D eigenvalue weighted by atomic mass is 16.5. The van der Waals surface area contributed by atoms with E-state index in [0.717, 1.165) is 55.4 Å². The minimum absolute atomic E-state index is 0.137. The highest BCUT2D eigenvalue weighted by Crippen LogP contribution is 2.36. The number of hydrogen-bond acceptors (Lipinski definition) is 5. The monoisotopic (exact) mass is 343 g/mol. The van der Waals surface area contributed by atoms with Crippen LogP contribution in [0.1, 0.15) is 36.0 Å². The molecule has 0 bridgehead atoms. The van der Waals surface area contributed by atoms with Crippen molar-refractivity contribution in [1.29, 1.82) is 0 Å². The van der Waals surface area contributed by atoms with Crippen LogP contribution in [0, 0.1) is 13.8 Å². The number of benzene rings is 1. The second-order valence-electron chi connectivity index (χ2n) is 7.65. The first-order valence-corrected chi connectivity index (χ1v) is 9.02. The van der Waals surface area contributed by atoms with E-state index >= 15 is 0 Å². The van der Waals surface area contributed by atoms with E-state index in [1.807, 2.05) is 13.0 Å². The fraction of sp³-hybridized carbons (Fsp3) is 0.550. The van der Waals surface area contributed by atoms with Crippen LogP contribution in [-0.4, -0.2) is 41.4 Å². The third-order valence-electron chi connectivity index (χ3n) is 5.80. The normalized spacial score (nSPS) is 23.6. The van der Waals surface area contributed by atoms with Gasteiger partial charge in [0.2, 0.25) is 0 Å². The van der Waals surface area contributed by atoms with Crippen LogP contribution in [0.3, 0.4) is 0 Å². The van der Waals surface area contributed by atoms with E-state index < -0.39 is 0 Å². The van der Waals surface area contributed by atoms with E-state index in [0.29, 0.717) is 12.2 Å². The number of ether oxygens (including phenoxy) is 1. The van der Waals surface area contributed by atoms with Crippen molar-refractivity contribution >= 4 is 11.0 Å². The Labute approximate surface area is 147 Å². The number of likely N-dealkylation sites (tertiary alicyclic amines) is 1. The maximum absolute atomic E-state index is 11.9. The van der Waals surface area contributed by atoms with Crippen molar-refractivity contribution in [3.63, 3.8) is 0 Å². The van der Waals surface area contributed by atoms with Crippen molar-refractivity contribution in [2.75, 3.05) is 19.7 Å². The Morgan fingerprint density at radius 1 is 1.20 bits per heavy atom. The van der Waals surface area contributed by atoms with Gasteiger partial charge >= 0.3 is 5.63 Å². The molecular weight excluding hydrogens is 318 g/mol. The summed E-state index contributed by atoms with van der Waals surface area (Å²) < 4.78 is 11.3. The molecule has 1 aromatic carbocycles. The van der Waals surface area contributed by atoms with Crippen LogP contribution < -0.4 is 5.63 Å². The van der Waals surface area contributed by atoms with Crippen LogP contribution in [-0.2, 0) is 11.3 Å². The number of aliphatic hydroxyl groups is 1. The predicted molar refractivity (Wildman–Crippen MR) is 95.8 cm³/mol. The summed E-state index contributed by atoms with van der Waals surface area (Å²) in [5.74, 6) is 0. The van der Waals surface area contributed by atoms with Crippen LogP contribution >= 0.6 is 0 Å². The zero-order valence-electron chi connectivity index (χ0n) is 14.9. The van der Waals surface area contributed by atoms with Gasteiger partial charge in [0, 0.05) is 37.5 Å². The number of nitrogens with zero attached hydrogens (tertiary/aromatic N) is 1. The maximum Gasteiger partial charge on any atom is 0.336 e. The summed E-state index contributed by atoms with van der Waals surface area (Å²) in [4.78, 5) is 14.3. The van der Waals surface area contributed by atoms with Crippen molar-refractivity contribution in [2.45, 2.75) is 51.4 Å². The summed E-state index contributed by atoms with van der Waals surface area (Å²) in [7, 11) is 0. The molecule has 1 N–H and O–H groups in total. The van der Waals surface area contributed by atoms with Gasteiger partial charge in [-0.05, 0) is 55.5 Å². The second kappa shape index (κ2) is 6.24. The zero-order valence-corrected chi connectivity index (χ0v) is 14.9. The number of rotatable bonds is 2. The molecule has 5 nitrogen and oxygen atoms in total. The fourth-order valence-corrected chi connectivity index (χ4v) is 4.14. The highest BCUT2D eigenvalue weighted by Gasteiger charge is 2.42. The summed E-state index contributed by atoms with van der Waals surface area (Å²) in [5.41, 5.74) is 3.60. The lowest BCUT2D eigenvalue weighted by atomic mass is 9.88. The Bertz CT molecular complexity index is 849. The van der Waals surface area contributed by atoms with E-state index in [4.69, 9.17) is 9.15 Å². The van der Waals surface area contributed by atoms with Crippen LogP contribution in [0.4, 0.5) is 0 Å². The predicted octanol–water partition coefficient (Wildman–Crippen LogP) is 2.53. The van der Waals surface area contributed by atoms with Gasteiger partial charge in [-0.1, -0.05) is 0 Å². The van der Waals surface area contributed by atoms with E-state index in [-0.39, 0.29) is 17.3 Å². The molecule has 1 aromatic heterocycles. The molecule has 0 radical (unpaired) electrons. The Morgan fingerprint density at radius 2 is 1.92 bits per heavy atom. The molecule has 2 fully saturated rings. The molecule has 2 saturated heterocycles. The molecule has 0 saturated carbocycles. The van der Waals surface area contributed by atoms with Gasteiger partial charge in [-0.2, -0.15) is 0 Å². The number of hydrogen-bond donors (Lipinski definition) is 1. The SMILES string of the molecule is Cc1cc2oc(=O)cc(CN3CCC4(CC3)CC(O)CO4)c2cc1C. The molecule has 4 rings (SSSR count). The van der Waals surface area contributed by atoms with E-state index in [1.165, 1.54) is 5.56 Å². The van der Waals surface area contributed by atoms with E-state index in [2.05, 4.69) is 17.9 Å². The Balaban J connectivity index is 1.55. The Kier molecular flexibility index (Phi) is 4.18. The quantitative estimate of drug-likeness (QED) is 0.849. The first kappa shape index (κ1) is 16.8. The van der Waals surface area contributed by atoms with E-state index in [1.54, 1.807) is 6.07 Å². The molecule has 25 heavy (non-hydrogen) atoms. The van der Waals surface area contributed by atoms with Crippen molar-refractivity contribution < 1.29 is 14.3 Å². The second-order valence-corrected chi connectivity index (χ2v) is 7.65. The molecule has 2 aromatic rings. The molecule has 2 aliphatic heterocycles. The van der Waals surface area contributed by atoms with Gasteiger partial charge in [0.1, 0.15) is 5.58 Å². The van der Waals surface area contributed by atoms with Crippen molar-refractivity contribution in [1.82, 2.24) is 4.90 Å². The average Bonchev–Trinajstić information content (AvgIpc) is 2.92. The molecule has 2 aliphatic rings. The maximum atomic E-state index is 11.9. The number of aryl methyl sites for hydroxylation is 2. The Morgan fingerprint density at radius 3 is 2.60 bits per heavy atom. The van der Waals surface area contributed by atoms with Crippen LogP contribution in [0.2, 0.25) is 0 Å². The lowest BCUT2D eigenvalue weighted by Gasteiger charge is -2.38. The number of piperidine rings is 1. The van der Waals surface area contributed by atoms with Crippen molar-refractivity contribution in [2.24, 2.45) is 0 Å². The summed E-state index contributed by atoms with van der Waals surface area (Å²) >= 11 is 0. The lowest BCUT2D eigenvalue weighted by Crippen LogP contribution is -2.43. The van der Waals surface area contributed by atoms with Crippen LogP contribution in [0.15, 0.2) is 27.4 Å². The molecule has 0 aliphatic carbocycles. The van der Waals surface area contributed by atoms with Gasteiger partial charge in [0.15, 0.2) is 0 Å². The first-order valence-electron chi connectivity index (χ1n) is 9.02. The molecule has 5 heteroatoms. The summed E-state index contributed by atoms with van der Waals surface area (Å²) in [6, 6.07) is 5.69. The zero-order chi connectivity index (χ0) is 17.6. The number of aliphatic hydroxyl groups excluding tert-OH is 1. The van der Waals surface area contributed by atoms with Crippen LogP contribution in [0.5, 0.6) is 0 Å². The molecule has 1 atom stereocenters. The van der Waals surface area contributed by atoms with Crippen molar-refractivity contribution in [3.05, 3.63) is 45.3 Å². The van der Waals surface area contributed by atoms with Gasteiger partial charge in [0.25, 0.3) is 0 Å². The van der Waals surface area contributed by atoms with Crippen LogP contribution in [0.25, 0.3) is 11.0 Å². The summed E-state index contributed by atoms with van der Waals surface area (Å²) in [6.45, 7) is 7.14. The minimum atomic E-state index is -0.319. The smallest absolute Gasteiger partial charge is 0.336 e. The van der Waals surface area contributed by atoms with E-state index in [9.17, 15) is 9.90 Å². The third kappa shape index (κ3) is 3.24. The molecule has 134 valence electrons. The molecule has 0 amide bonds.